The molecule has 1 aromatic rings. The van der Waals surface area contributed by atoms with Gasteiger partial charge in [-0.3, -0.25) is 0 Å². The molecule has 0 bridgehead atoms. The SMILES string of the molecule is Cc1ccc(OCC(Cl)=CCl)c([C@H](C)O)c1. The Morgan fingerprint density at radius 2 is 2.25 bits per heavy atom. The van der Waals surface area contributed by atoms with Crippen LogP contribution in [0.25, 0.3) is 0 Å². The van der Waals surface area contributed by atoms with Crippen molar-refractivity contribution in [3.63, 3.8) is 0 Å². The van der Waals surface area contributed by atoms with E-state index in [4.69, 9.17) is 27.9 Å². The molecule has 0 aromatic heterocycles. The highest BCUT2D eigenvalue weighted by atomic mass is 35.5. The third-order valence-electron chi connectivity index (χ3n) is 2.10. The first-order valence-corrected chi connectivity index (χ1v) is 5.72. The number of benzene rings is 1. The van der Waals surface area contributed by atoms with E-state index in [9.17, 15) is 5.11 Å². The highest BCUT2D eigenvalue weighted by Gasteiger charge is 2.09. The van der Waals surface area contributed by atoms with Gasteiger partial charge < -0.3 is 9.84 Å². The van der Waals surface area contributed by atoms with Crippen LogP contribution in [0, 0.1) is 6.92 Å². The smallest absolute Gasteiger partial charge is 0.125 e. The molecule has 0 aliphatic heterocycles. The maximum Gasteiger partial charge on any atom is 0.125 e. The first kappa shape index (κ1) is 13.4. The van der Waals surface area contributed by atoms with Crippen molar-refractivity contribution in [1.29, 1.82) is 0 Å². The minimum atomic E-state index is -0.575. The summed E-state index contributed by atoms with van der Waals surface area (Å²) in [5, 5.41) is 10.0. The Bertz CT molecular complexity index is 387. The molecule has 88 valence electrons. The molecule has 0 aliphatic rings. The van der Waals surface area contributed by atoms with Crippen molar-refractivity contribution in [2.24, 2.45) is 0 Å². The van der Waals surface area contributed by atoms with Gasteiger partial charge in [-0.2, -0.15) is 0 Å². The third-order valence-corrected chi connectivity index (χ3v) is 2.69. The standard InChI is InChI=1S/C12H14Cl2O2/c1-8-3-4-12(11(5-8)9(2)15)16-7-10(14)6-13/h3-6,9,15H,7H2,1-2H3/t9-/m0/s1. The molecule has 0 unspecified atom stereocenters. The second kappa shape index (κ2) is 6.14. The summed E-state index contributed by atoms with van der Waals surface area (Å²) in [6.45, 7) is 3.86. The normalized spacial score (nSPS) is 13.7. The van der Waals surface area contributed by atoms with Crippen LogP contribution >= 0.6 is 23.2 Å². The molecule has 1 aromatic carbocycles. The van der Waals surface area contributed by atoms with Gasteiger partial charge in [0.15, 0.2) is 0 Å². The number of ether oxygens (including phenoxy) is 1. The lowest BCUT2D eigenvalue weighted by Crippen LogP contribution is -2.02. The Morgan fingerprint density at radius 3 is 2.81 bits per heavy atom. The van der Waals surface area contributed by atoms with E-state index in [1.54, 1.807) is 6.92 Å². The van der Waals surface area contributed by atoms with Gasteiger partial charge in [-0.1, -0.05) is 34.8 Å². The summed E-state index contributed by atoms with van der Waals surface area (Å²) in [5.74, 6) is 0.622. The van der Waals surface area contributed by atoms with Crippen molar-refractivity contribution in [1.82, 2.24) is 0 Å². The van der Waals surface area contributed by atoms with Gasteiger partial charge in [0.1, 0.15) is 12.4 Å². The van der Waals surface area contributed by atoms with Crippen LogP contribution in [0.1, 0.15) is 24.2 Å². The van der Waals surface area contributed by atoms with E-state index in [-0.39, 0.29) is 6.61 Å². The largest absolute Gasteiger partial charge is 0.488 e. The van der Waals surface area contributed by atoms with E-state index in [1.165, 1.54) is 5.54 Å². The molecule has 4 heteroatoms. The van der Waals surface area contributed by atoms with Gasteiger partial charge in [0.2, 0.25) is 0 Å². The van der Waals surface area contributed by atoms with E-state index in [2.05, 4.69) is 0 Å². The fraction of sp³-hybridized carbons (Fsp3) is 0.333. The van der Waals surface area contributed by atoms with Gasteiger partial charge >= 0.3 is 0 Å². The monoisotopic (exact) mass is 260 g/mol. The van der Waals surface area contributed by atoms with Gasteiger partial charge in [-0.25, -0.2) is 0 Å². The molecule has 0 heterocycles. The minimum absolute atomic E-state index is 0.202. The van der Waals surface area contributed by atoms with Crippen LogP contribution in [-0.4, -0.2) is 11.7 Å². The van der Waals surface area contributed by atoms with Crippen molar-refractivity contribution in [2.75, 3.05) is 6.61 Å². The number of aliphatic hydroxyl groups is 1. The Morgan fingerprint density at radius 1 is 1.56 bits per heavy atom. The van der Waals surface area contributed by atoms with Crippen molar-refractivity contribution < 1.29 is 9.84 Å². The predicted molar refractivity (Wildman–Crippen MR) is 67.1 cm³/mol. The maximum absolute atomic E-state index is 9.60. The van der Waals surface area contributed by atoms with Gasteiger partial charge in [0.25, 0.3) is 0 Å². The second-order valence-electron chi connectivity index (χ2n) is 3.56. The predicted octanol–water partition coefficient (Wildman–Crippen LogP) is 3.75. The van der Waals surface area contributed by atoms with Crippen LogP contribution in [0.3, 0.4) is 0 Å². The molecule has 0 saturated heterocycles. The number of aliphatic hydroxyl groups excluding tert-OH is 1. The van der Waals surface area contributed by atoms with E-state index in [1.807, 2.05) is 25.1 Å². The van der Waals surface area contributed by atoms with Crippen molar-refractivity contribution in [3.05, 3.63) is 39.9 Å². The zero-order valence-corrected chi connectivity index (χ0v) is 10.7. The van der Waals surface area contributed by atoms with Gasteiger partial charge in [0, 0.05) is 11.1 Å². The molecule has 1 atom stereocenters. The lowest BCUT2D eigenvalue weighted by Gasteiger charge is -2.13. The molecule has 0 amide bonds. The molecule has 1 N–H and O–H groups in total. The molecule has 0 aliphatic carbocycles. The first-order valence-electron chi connectivity index (χ1n) is 4.90. The zero-order chi connectivity index (χ0) is 12.1. The summed E-state index contributed by atoms with van der Waals surface area (Å²) >= 11 is 11.1. The molecule has 2 nitrogen and oxygen atoms in total. The van der Waals surface area contributed by atoms with Gasteiger partial charge in [0.05, 0.1) is 11.1 Å². The summed E-state index contributed by atoms with van der Waals surface area (Å²) in [4.78, 5) is 0. The lowest BCUT2D eigenvalue weighted by molar-refractivity contribution is 0.192. The number of rotatable bonds is 4. The Labute approximate surface area is 105 Å². The van der Waals surface area contributed by atoms with Gasteiger partial charge in [-0.15, -0.1) is 0 Å². The molecule has 0 spiro atoms. The number of hydrogen-bond donors (Lipinski definition) is 1. The molecule has 0 radical (unpaired) electrons. The fourth-order valence-corrected chi connectivity index (χ4v) is 1.42. The highest BCUT2D eigenvalue weighted by molar-refractivity contribution is 6.36. The van der Waals surface area contributed by atoms with Crippen LogP contribution in [0.2, 0.25) is 0 Å². The topological polar surface area (TPSA) is 29.5 Å². The zero-order valence-electron chi connectivity index (χ0n) is 9.21. The van der Waals surface area contributed by atoms with Gasteiger partial charge in [-0.05, 0) is 26.0 Å². The molecule has 16 heavy (non-hydrogen) atoms. The quantitative estimate of drug-likeness (QED) is 0.894. The summed E-state index contributed by atoms with van der Waals surface area (Å²) in [6, 6.07) is 5.62. The van der Waals surface area contributed by atoms with Crippen LogP contribution in [-0.2, 0) is 0 Å². The molecular formula is C12H14Cl2O2. The Balaban J connectivity index is 2.87. The van der Waals surface area contributed by atoms with Crippen molar-refractivity contribution in [2.45, 2.75) is 20.0 Å². The average molecular weight is 261 g/mol. The van der Waals surface area contributed by atoms with E-state index in [0.29, 0.717) is 10.8 Å². The number of hydrogen-bond acceptors (Lipinski definition) is 2. The summed E-state index contributed by atoms with van der Waals surface area (Å²) < 4.78 is 5.46. The number of aryl methyl sites for hydroxylation is 1. The Kier molecular flexibility index (Phi) is 5.13. The Hall–Kier alpha value is -0.700. The van der Waals surface area contributed by atoms with Crippen LogP contribution < -0.4 is 4.74 Å². The first-order chi connectivity index (χ1) is 7.54. The van der Waals surface area contributed by atoms with E-state index in [0.717, 1.165) is 11.1 Å². The third kappa shape index (κ3) is 3.71. The second-order valence-corrected chi connectivity index (χ2v) is 4.27. The highest BCUT2D eigenvalue weighted by Crippen LogP contribution is 2.26. The van der Waals surface area contributed by atoms with Crippen molar-refractivity contribution >= 4 is 23.2 Å². The minimum Gasteiger partial charge on any atom is -0.488 e. The summed E-state index contributed by atoms with van der Waals surface area (Å²) in [7, 11) is 0. The average Bonchev–Trinajstić information content (AvgIpc) is 2.26. The van der Waals surface area contributed by atoms with E-state index < -0.39 is 6.10 Å². The lowest BCUT2D eigenvalue weighted by atomic mass is 10.1. The van der Waals surface area contributed by atoms with Crippen LogP contribution in [0.15, 0.2) is 28.8 Å². The summed E-state index contributed by atoms with van der Waals surface area (Å²) in [6.07, 6.45) is -0.575. The van der Waals surface area contributed by atoms with Crippen LogP contribution in [0.4, 0.5) is 0 Å². The fourth-order valence-electron chi connectivity index (χ4n) is 1.30. The maximum atomic E-state index is 9.60. The molecular weight excluding hydrogens is 247 g/mol. The molecule has 1 rings (SSSR count). The molecule has 0 saturated carbocycles. The molecule has 0 fully saturated rings. The van der Waals surface area contributed by atoms with Crippen molar-refractivity contribution in [3.8, 4) is 5.75 Å². The van der Waals surface area contributed by atoms with E-state index >= 15 is 0 Å². The number of halogens is 2. The summed E-state index contributed by atoms with van der Waals surface area (Å²) in [5.41, 5.74) is 3.08. The van der Waals surface area contributed by atoms with Crippen LogP contribution in [0.5, 0.6) is 5.75 Å².